The van der Waals surface area contributed by atoms with Crippen LogP contribution in [0.3, 0.4) is 0 Å². The highest BCUT2D eigenvalue weighted by Gasteiger charge is 2.62. The van der Waals surface area contributed by atoms with Crippen molar-refractivity contribution in [1.82, 2.24) is 25.2 Å². The van der Waals surface area contributed by atoms with Gasteiger partial charge in [0.05, 0.1) is 10.9 Å². The van der Waals surface area contributed by atoms with Crippen molar-refractivity contribution in [3.05, 3.63) is 64.0 Å². The molecule has 0 bridgehead atoms. The minimum atomic E-state index is -4.31. The summed E-state index contributed by atoms with van der Waals surface area (Å²) in [5.74, 6) is -2.74. The van der Waals surface area contributed by atoms with E-state index in [1.54, 1.807) is 26.8 Å². The Morgan fingerprint density at radius 2 is 1.75 bits per heavy atom. The lowest BCUT2D eigenvalue weighted by Gasteiger charge is -2.30. The fourth-order valence-electron chi connectivity index (χ4n) is 7.00. The predicted octanol–water partition coefficient (Wildman–Crippen LogP) is 4.62. The third kappa shape index (κ3) is 8.98. The third-order valence-electron chi connectivity index (χ3n) is 9.74. The van der Waals surface area contributed by atoms with E-state index in [0.717, 1.165) is 35.3 Å². The summed E-state index contributed by atoms with van der Waals surface area (Å²) in [6, 6.07) is 8.06. The zero-order valence-electron chi connectivity index (χ0n) is 29.8. The largest absolute Gasteiger partial charge is 0.444 e. The lowest BCUT2D eigenvalue weighted by Crippen LogP contribution is -2.58. The van der Waals surface area contributed by atoms with Gasteiger partial charge in [-0.1, -0.05) is 60.9 Å². The average molecular weight is 790 g/mol. The molecular formula is C36H44ClN5O9S2. The first-order valence-corrected chi connectivity index (χ1v) is 20.4. The maximum absolute atomic E-state index is 14.3. The van der Waals surface area contributed by atoms with Gasteiger partial charge in [0.1, 0.15) is 33.5 Å². The van der Waals surface area contributed by atoms with Crippen LogP contribution in [-0.2, 0) is 47.0 Å². The number of nitrogens with zero attached hydrogens (tertiary/aromatic N) is 2. The monoisotopic (exact) mass is 789 g/mol. The third-order valence-corrected chi connectivity index (χ3v) is 12.8. The van der Waals surface area contributed by atoms with Crippen LogP contribution in [0.2, 0.25) is 4.34 Å². The van der Waals surface area contributed by atoms with Crippen LogP contribution >= 0.6 is 22.9 Å². The predicted molar refractivity (Wildman–Crippen MR) is 195 cm³/mol. The molecule has 1 saturated carbocycles. The van der Waals surface area contributed by atoms with Crippen LogP contribution in [0.15, 0.2) is 52.8 Å². The quantitative estimate of drug-likeness (QED) is 0.365. The number of benzene rings is 1. The van der Waals surface area contributed by atoms with Crippen LogP contribution in [0.1, 0.15) is 76.8 Å². The summed E-state index contributed by atoms with van der Waals surface area (Å²) in [7, 11) is -4.31. The number of allylic oxidation sites excluding steroid dienone is 1. The van der Waals surface area contributed by atoms with E-state index in [-0.39, 0.29) is 34.4 Å². The minimum absolute atomic E-state index is 0.0898. The molecule has 1 aromatic heterocycles. The molecule has 2 aromatic rings. The van der Waals surface area contributed by atoms with Crippen LogP contribution in [0, 0.1) is 5.92 Å². The van der Waals surface area contributed by atoms with Gasteiger partial charge in [-0.2, -0.15) is 0 Å². The molecule has 14 nitrogen and oxygen atoms in total. The smallest absolute Gasteiger partial charge is 0.410 e. The van der Waals surface area contributed by atoms with Crippen molar-refractivity contribution in [2.75, 3.05) is 6.54 Å². The first kappa shape index (κ1) is 38.6. The second-order valence-corrected chi connectivity index (χ2v) is 18.5. The van der Waals surface area contributed by atoms with Crippen molar-refractivity contribution in [3.8, 4) is 0 Å². The Kier molecular flexibility index (Phi) is 11.1. The first-order valence-electron chi connectivity index (χ1n) is 17.7. The van der Waals surface area contributed by atoms with E-state index in [1.165, 1.54) is 21.9 Å². The lowest BCUT2D eigenvalue weighted by molar-refractivity contribution is -0.141. The van der Waals surface area contributed by atoms with Crippen molar-refractivity contribution in [1.29, 1.82) is 0 Å². The standard InChI is InChI=1S/C36H44ClN5O9S2/c1-35(2,3)51-33(46)38-26-14-8-6-4-5-7-13-24-18-36(24,32(45)40-53(48,49)29-16-15-28(37)52-29)39-30(43)27-17-25(21-42(27)31(26)44)50-34(47)41-19-22-11-9-10-12-23(22)20-41/h7,9-13,15-16,24-27H,4-6,8,14,17-21H2,1-3H3,(H,38,46)(H,39,43)(H,40,45)/t24-,25+,26-,27-,36+/m0/s1. The van der Waals surface area contributed by atoms with E-state index in [2.05, 4.69) is 15.4 Å². The Morgan fingerprint density at radius 3 is 2.42 bits per heavy atom. The number of thiophene rings is 1. The first-order chi connectivity index (χ1) is 25.0. The van der Waals surface area contributed by atoms with Crippen molar-refractivity contribution >= 4 is 62.9 Å². The number of hydrogen-bond donors (Lipinski definition) is 3. The van der Waals surface area contributed by atoms with Crippen molar-refractivity contribution in [2.45, 2.75) is 112 Å². The highest BCUT2D eigenvalue weighted by Crippen LogP contribution is 2.46. The number of nitrogens with one attached hydrogen (secondary N) is 3. The molecule has 0 spiro atoms. The van der Waals surface area contributed by atoms with E-state index >= 15 is 0 Å². The Hall–Kier alpha value is -4.15. The van der Waals surface area contributed by atoms with E-state index in [0.29, 0.717) is 25.9 Å². The Bertz CT molecular complexity index is 1890. The maximum Gasteiger partial charge on any atom is 0.410 e. The van der Waals surface area contributed by atoms with Crippen molar-refractivity contribution in [2.24, 2.45) is 5.92 Å². The lowest BCUT2D eigenvalue weighted by atomic mass is 10.0. The van der Waals surface area contributed by atoms with Crippen LogP contribution in [-0.4, -0.2) is 84.0 Å². The maximum atomic E-state index is 14.3. The summed E-state index contributed by atoms with van der Waals surface area (Å²) in [4.78, 5) is 71.5. The number of rotatable bonds is 5. The number of carbonyl (C=O) groups excluding carboxylic acids is 5. The molecule has 53 heavy (non-hydrogen) atoms. The van der Waals surface area contributed by atoms with Gasteiger partial charge in [-0.25, -0.2) is 22.7 Å². The Labute approximate surface area is 317 Å². The summed E-state index contributed by atoms with van der Waals surface area (Å²) >= 11 is 6.74. The van der Waals surface area contributed by atoms with Gasteiger partial charge < -0.3 is 25.0 Å². The highest BCUT2D eigenvalue weighted by atomic mass is 35.5. The highest BCUT2D eigenvalue weighted by molar-refractivity contribution is 7.92. The normalized spacial score (nSPS) is 26.3. The molecule has 3 aliphatic heterocycles. The SMILES string of the molecule is CC(C)(C)OC(=O)N[C@H]1CCCCCC=C[C@H]2C[C@@]2(C(=O)NS(=O)(=O)c2ccc(Cl)s2)NC(=O)[C@@H]2C[C@@H](OC(=O)N3Cc4ccccc4C3)CN2C1=O. The number of amides is 5. The summed E-state index contributed by atoms with van der Waals surface area (Å²) in [5, 5.41) is 5.48. The number of hydrogen-bond acceptors (Lipinski definition) is 10. The summed E-state index contributed by atoms with van der Waals surface area (Å²) in [5.41, 5.74) is -0.464. The zero-order chi connectivity index (χ0) is 38.1. The van der Waals surface area contributed by atoms with Gasteiger partial charge in [0.2, 0.25) is 11.8 Å². The molecule has 5 atom stereocenters. The van der Waals surface area contributed by atoms with Gasteiger partial charge in [-0.05, 0) is 69.7 Å². The second kappa shape index (κ2) is 15.3. The summed E-state index contributed by atoms with van der Waals surface area (Å²) < 4.78 is 39.8. The average Bonchev–Trinajstić information content (AvgIpc) is 3.44. The molecule has 4 aliphatic rings. The van der Waals surface area contributed by atoms with Gasteiger partial charge in [0, 0.05) is 25.4 Å². The van der Waals surface area contributed by atoms with Gasteiger partial charge >= 0.3 is 12.2 Å². The molecule has 0 unspecified atom stereocenters. The van der Waals surface area contributed by atoms with E-state index < -0.39 is 75.2 Å². The second-order valence-electron chi connectivity index (χ2n) is 14.9. The van der Waals surface area contributed by atoms with Crippen LogP contribution in [0.25, 0.3) is 0 Å². The number of alkyl carbamates (subject to hydrolysis) is 1. The molecule has 17 heteroatoms. The number of carbonyl (C=O) groups is 5. The number of ether oxygens (including phenoxy) is 2. The number of halogens is 1. The summed E-state index contributed by atoms with van der Waals surface area (Å²) in [6.45, 7) is 5.66. The molecular weight excluding hydrogens is 746 g/mol. The molecule has 1 saturated heterocycles. The molecule has 1 aliphatic carbocycles. The number of sulfonamides is 1. The Balaban J connectivity index is 1.26. The topological polar surface area (TPSA) is 181 Å². The fraction of sp³-hybridized carbons (Fsp3) is 0.528. The molecule has 286 valence electrons. The van der Waals surface area contributed by atoms with E-state index in [1.807, 2.05) is 30.3 Å². The van der Waals surface area contributed by atoms with Gasteiger partial charge in [0.15, 0.2) is 0 Å². The van der Waals surface area contributed by atoms with Crippen LogP contribution in [0.5, 0.6) is 0 Å². The molecule has 1 aromatic carbocycles. The number of fused-ring (bicyclic) bond motifs is 3. The molecule has 3 N–H and O–H groups in total. The fourth-order valence-corrected chi connectivity index (χ4v) is 9.52. The minimum Gasteiger partial charge on any atom is -0.444 e. The van der Waals surface area contributed by atoms with Gasteiger partial charge in [-0.15, -0.1) is 11.3 Å². The van der Waals surface area contributed by atoms with Crippen molar-refractivity contribution < 1.29 is 41.9 Å². The molecule has 6 rings (SSSR count). The Morgan fingerprint density at radius 1 is 1.04 bits per heavy atom. The van der Waals surface area contributed by atoms with Crippen LogP contribution < -0.4 is 15.4 Å². The van der Waals surface area contributed by atoms with E-state index in [9.17, 15) is 32.4 Å². The van der Waals surface area contributed by atoms with Crippen LogP contribution in [0.4, 0.5) is 9.59 Å². The summed E-state index contributed by atoms with van der Waals surface area (Å²) in [6.07, 6.45) is 4.42. The molecule has 0 radical (unpaired) electrons. The van der Waals surface area contributed by atoms with E-state index in [4.69, 9.17) is 21.1 Å². The van der Waals surface area contributed by atoms with Crippen molar-refractivity contribution in [3.63, 3.8) is 0 Å². The van der Waals surface area contributed by atoms with Gasteiger partial charge in [-0.3, -0.25) is 19.3 Å². The molecule has 4 heterocycles. The molecule has 5 amide bonds. The van der Waals surface area contributed by atoms with Gasteiger partial charge in [0.25, 0.3) is 15.9 Å². The molecule has 2 fully saturated rings. The zero-order valence-corrected chi connectivity index (χ0v) is 32.2.